The Hall–Kier alpha value is -1.52. The molecule has 2 aromatic rings. The van der Waals surface area contributed by atoms with E-state index in [-0.39, 0.29) is 0 Å². The molecule has 3 rings (SSSR count). The second-order valence-electron chi connectivity index (χ2n) is 5.65. The van der Waals surface area contributed by atoms with Crippen LogP contribution in [0.2, 0.25) is 5.02 Å². The Labute approximate surface area is 136 Å². The van der Waals surface area contributed by atoms with Crippen LogP contribution in [-0.2, 0) is 4.74 Å². The summed E-state index contributed by atoms with van der Waals surface area (Å²) in [6.45, 7) is 0. The molecule has 5 heteroatoms. The number of nitrogens with zero attached hydrogens (tertiary/aromatic N) is 2. The monoisotopic (exact) mass is 320 g/mol. The van der Waals surface area contributed by atoms with Gasteiger partial charge in [0, 0.05) is 31.1 Å². The maximum absolute atomic E-state index is 6.46. The molecular formula is C17H21ClN2O2. The van der Waals surface area contributed by atoms with Gasteiger partial charge in [-0.25, -0.2) is 4.98 Å². The standard InChI is InChI=1S/C17H21ClN2O2/c1-21-13-8-6-12(7-9-13)20-11-10-19-17(20)14-4-3-5-15(22-2)16(14)18/h3-5,10-13H,6-9H2,1-2H3. The highest BCUT2D eigenvalue weighted by Crippen LogP contribution is 2.37. The molecule has 22 heavy (non-hydrogen) atoms. The normalized spacial score (nSPS) is 21.8. The van der Waals surface area contributed by atoms with E-state index >= 15 is 0 Å². The third kappa shape index (κ3) is 2.85. The number of hydrogen-bond acceptors (Lipinski definition) is 3. The summed E-state index contributed by atoms with van der Waals surface area (Å²) in [4.78, 5) is 4.53. The Balaban J connectivity index is 1.90. The van der Waals surface area contributed by atoms with E-state index in [1.165, 1.54) is 0 Å². The van der Waals surface area contributed by atoms with E-state index in [1.54, 1.807) is 14.2 Å². The van der Waals surface area contributed by atoms with Gasteiger partial charge in [-0.2, -0.15) is 0 Å². The van der Waals surface area contributed by atoms with Crippen LogP contribution in [0.15, 0.2) is 30.6 Å². The molecule has 0 atom stereocenters. The molecule has 0 unspecified atom stereocenters. The molecule has 0 bridgehead atoms. The molecule has 1 heterocycles. The SMILES string of the molecule is COc1cccc(-c2nccn2C2CCC(OC)CC2)c1Cl. The number of imidazole rings is 1. The average molecular weight is 321 g/mol. The Morgan fingerprint density at radius 3 is 2.64 bits per heavy atom. The summed E-state index contributed by atoms with van der Waals surface area (Å²) in [5.74, 6) is 1.58. The summed E-state index contributed by atoms with van der Waals surface area (Å²) >= 11 is 6.46. The fourth-order valence-corrected chi connectivity index (χ4v) is 3.50. The molecule has 1 aliphatic carbocycles. The number of hydrogen-bond donors (Lipinski definition) is 0. The number of benzene rings is 1. The fourth-order valence-electron chi connectivity index (χ4n) is 3.22. The summed E-state index contributed by atoms with van der Waals surface area (Å²) < 4.78 is 13.0. The lowest BCUT2D eigenvalue weighted by atomic mass is 9.92. The highest BCUT2D eigenvalue weighted by atomic mass is 35.5. The molecular weight excluding hydrogens is 300 g/mol. The second kappa shape index (κ2) is 6.71. The van der Waals surface area contributed by atoms with Crippen LogP contribution in [0.3, 0.4) is 0 Å². The van der Waals surface area contributed by atoms with E-state index < -0.39 is 0 Å². The van der Waals surface area contributed by atoms with Crippen LogP contribution in [-0.4, -0.2) is 29.9 Å². The first kappa shape index (κ1) is 15.4. The first-order valence-corrected chi connectivity index (χ1v) is 8.01. The molecule has 1 fully saturated rings. The maximum atomic E-state index is 6.46. The third-order valence-electron chi connectivity index (χ3n) is 4.46. The van der Waals surface area contributed by atoms with Gasteiger partial charge in [0.1, 0.15) is 11.6 Å². The van der Waals surface area contributed by atoms with Gasteiger partial charge in [-0.1, -0.05) is 17.7 Å². The minimum absolute atomic E-state index is 0.392. The first-order valence-electron chi connectivity index (χ1n) is 7.63. The minimum Gasteiger partial charge on any atom is -0.495 e. The predicted octanol–water partition coefficient (Wildman–Crippen LogP) is 4.34. The molecule has 0 amide bonds. The number of aromatic nitrogens is 2. The molecule has 0 spiro atoms. The molecule has 0 aliphatic heterocycles. The van der Waals surface area contributed by atoms with Crippen LogP contribution in [0.4, 0.5) is 0 Å². The molecule has 0 saturated heterocycles. The van der Waals surface area contributed by atoms with Crippen molar-refractivity contribution in [2.24, 2.45) is 0 Å². The number of methoxy groups -OCH3 is 2. The van der Waals surface area contributed by atoms with Crippen LogP contribution >= 0.6 is 11.6 Å². The highest BCUT2D eigenvalue weighted by molar-refractivity contribution is 6.34. The van der Waals surface area contributed by atoms with Crippen molar-refractivity contribution in [3.8, 4) is 17.1 Å². The Bertz CT molecular complexity index is 633. The zero-order chi connectivity index (χ0) is 15.5. The van der Waals surface area contributed by atoms with Crippen LogP contribution in [0.25, 0.3) is 11.4 Å². The Morgan fingerprint density at radius 2 is 1.95 bits per heavy atom. The van der Waals surface area contributed by atoms with Crippen molar-refractivity contribution in [1.82, 2.24) is 9.55 Å². The molecule has 118 valence electrons. The van der Waals surface area contributed by atoms with E-state index in [9.17, 15) is 0 Å². The third-order valence-corrected chi connectivity index (χ3v) is 4.85. The van der Waals surface area contributed by atoms with E-state index in [1.807, 2.05) is 30.6 Å². The molecule has 1 aromatic carbocycles. The molecule has 4 nitrogen and oxygen atoms in total. The number of rotatable bonds is 4. The summed E-state index contributed by atoms with van der Waals surface area (Å²) in [6, 6.07) is 6.25. The predicted molar refractivity (Wildman–Crippen MR) is 87.5 cm³/mol. The zero-order valence-corrected chi connectivity index (χ0v) is 13.7. The van der Waals surface area contributed by atoms with Gasteiger partial charge in [-0.3, -0.25) is 0 Å². The van der Waals surface area contributed by atoms with Crippen LogP contribution in [0.5, 0.6) is 5.75 Å². The zero-order valence-electron chi connectivity index (χ0n) is 13.0. The van der Waals surface area contributed by atoms with Crippen molar-refractivity contribution in [3.63, 3.8) is 0 Å². The minimum atomic E-state index is 0.392. The Morgan fingerprint density at radius 1 is 1.18 bits per heavy atom. The van der Waals surface area contributed by atoms with E-state index in [4.69, 9.17) is 21.1 Å². The number of ether oxygens (including phenoxy) is 2. The van der Waals surface area contributed by atoms with Gasteiger partial charge in [-0.05, 0) is 37.8 Å². The van der Waals surface area contributed by atoms with E-state index in [0.717, 1.165) is 37.1 Å². The lowest BCUT2D eigenvalue weighted by Crippen LogP contribution is -2.22. The summed E-state index contributed by atoms with van der Waals surface area (Å²) in [7, 11) is 3.42. The molecule has 1 aromatic heterocycles. The number of halogens is 1. The Kier molecular flexibility index (Phi) is 4.69. The van der Waals surface area contributed by atoms with Gasteiger partial charge in [0.05, 0.1) is 18.2 Å². The molecule has 0 radical (unpaired) electrons. The highest BCUT2D eigenvalue weighted by Gasteiger charge is 2.24. The van der Waals surface area contributed by atoms with Crippen molar-refractivity contribution in [3.05, 3.63) is 35.6 Å². The summed E-state index contributed by atoms with van der Waals surface area (Å²) in [6.07, 6.45) is 8.65. The van der Waals surface area contributed by atoms with Gasteiger partial charge in [0.25, 0.3) is 0 Å². The smallest absolute Gasteiger partial charge is 0.141 e. The second-order valence-corrected chi connectivity index (χ2v) is 6.02. The van der Waals surface area contributed by atoms with E-state index in [0.29, 0.717) is 22.9 Å². The van der Waals surface area contributed by atoms with Crippen molar-refractivity contribution in [1.29, 1.82) is 0 Å². The van der Waals surface area contributed by atoms with Crippen LogP contribution < -0.4 is 4.74 Å². The fraction of sp³-hybridized carbons (Fsp3) is 0.471. The van der Waals surface area contributed by atoms with Gasteiger partial charge < -0.3 is 14.0 Å². The lowest BCUT2D eigenvalue weighted by molar-refractivity contribution is 0.0586. The van der Waals surface area contributed by atoms with Gasteiger partial charge in [-0.15, -0.1) is 0 Å². The average Bonchev–Trinajstić information content (AvgIpc) is 3.04. The molecule has 0 N–H and O–H groups in total. The van der Waals surface area contributed by atoms with Crippen LogP contribution in [0, 0.1) is 0 Å². The van der Waals surface area contributed by atoms with E-state index in [2.05, 4.69) is 9.55 Å². The molecule has 1 saturated carbocycles. The molecule has 1 aliphatic rings. The maximum Gasteiger partial charge on any atom is 0.141 e. The van der Waals surface area contributed by atoms with Crippen LogP contribution in [0.1, 0.15) is 31.7 Å². The largest absolute Gasteiger partial charge is 0.495 e. The van der Waals surface area contributed by atoms with Crippen molar-refractivity contribution < 1.29 is 9.47 Å². The summed E-state index contributed by atoms with van der Waals surface area (Å²) in [5, 5.41) is 0.614. The van der Waals surface area contributed by atoms with Gasteiger partial charge in [0.15, 0.2) is 0 Å². The topological polar surface area (TPSA) is 36.3 Å². The van der Waals surface area contributed by atoms with Gasteiger partial charge >= 0.3 is 0 Å². The van der Waals surface area contributed by atoms with Crippen molar-refractivity contribution in [2.45, 2.75) is 37.8 Å². The van der Waals surface area contributed by atoms with Gasteiger partial charge in [0.2, 0.25) is 0 Å². The lowest BCUT2D eigenvalue weighted by Gasteiger charge is -2.29. The van der Waals surface area contributed by atoms with Crippen molar-refractivity contribution >= 4 is 11.6 Å². The van der Waals surface area contributed by atoms with Crippen molar-refractivity contribution in [2.75, 3.05) is 14.2 Å². The first-order chi connectivity index (χ1) is 10.7. The summed E-state index contributed by atoms with van der Waals surface area (Å²) in [5.41, 5.74) is 0.917. The quantitative estimate of drug-likeness (QED) is 0.840.